The molecule has 0 bridgehead atoms. The molecule has 1 aromatic rings. The molecule has 26 heavy (non-hydrogen) atoms. The summed E-state index contributed by atoms with van der Waals surface area (Å²) in [6.07, 6.45) is -0.851. The van der Waals surface area contributed by atoms with E-state index < -0.39 is 11.7 Å². The van der Waals surface area contributed by atoms with Crippen LogP contribution in [0.3, 0.4) is 0 Å². The summed E-state index contributed by atoms with van der Waals surface area (Å²) in [4.78, 5) is 38.0. The fourth-order valence-corrected chi connectivity index (χ4v) is 2.69. The van der Waals surface area contributed by atoms with Crippen LogP contribution in [0.15, 0.2) is 24.3 Å². The van der Waals surface area contributed by atoms with Crippen molar-refractivity contribution in [3.63, 3.8) is 0 Å². The number of ether oxygens (including phenoxy) is 2. The van der Waals surface area contributed by atoms with E-state index in [9.17, 15) is 14.4 Å². The molecule has 1 fully saturated rings. The molecule has 1 aromatic carbocycles. The Balaban J connectivity index is 1.97. The average molecular weight is 362 g/mol. The number of rotatable bonds is 4. The Labute approximate surface area is 153 Å². The summed E-state index contributed by atoms with van der Waals surface area (Å²) in [6, 6.07) is 6.78. The normalized spacial score (nSPS) is 17.5. The fraction of sp³-hybridized carbons (Fsp3) is 0.526. The Morgan fingerprint density at radius 2 is 1.88 bits per heavy atom. The summed E-state index contributed by atoms with van der Waals surface area (Å²) < 4.78 is 10.8. The summed E-state index contributed by atoms with van der Waals surface area (Å²) in [5, 5.41) is 2.66. The topological polar surface area (TPSA) is 84.9 Å². The second-order valence-electron chi connectivity index (χ2n) is 7.23. The highest BCUT2D eigenvalue weighted by atomic mass is 16.6. The maximum absolute atomic E-state index is 12.8. The van der Waals surface area contributed by atoms with E-state index in [4.69, 9.17) is 9.47 Å². The molecule has 0 unspecified atom stereocenters. The van der Waals surface area contributed by atoms with Crippen molar-refractivity contribution >= 4 is 17.8 Å². The van der Waals surface area contributed by atoms with Crippen molar-refractivity contribution in [2.45, 2.75) is 39.4 Å². The Morgan fingerprint density at radius 1 is 1.23 bits per heavy atom. The van der Waals surface area contributed by atoms with Gasteiger partial charge in [-0.1, -0.05) is 18.2 Å². The van der Waals surface area contributed by atoms with Crippen LogP contribution < -0.4 is 5.32 Å². The minimum atomic E-state index is -0.574. The van der Waals surface area contributed by atoms with Crippen LogP contribution in [0.4, 0.5) is 4.79 Å². The summed E-state index contributed by atoms with van der Waals surface area (Å²) >= 11 is 0. The monoisotopic (exact) mass is 362 g/mol. The Morgan fingerprint density at radius 3 is 2.50 bits per heavy atom. The summed E-state index contributed by atoms with van der Waals surface area (Å²) in [5.41, 5.74) is 0.226. The third-order valence-corrected chi connectivity index (χ3v) is 3.84. The zero-order valence-electron chi connectivity index (χ0n) is 15.7. The Kier molecular flexibility index (Phi) is 6.37. The maximum atomic E-state index is 12.8. The quantitative estimate of drug-likeness (QED) is 0.831. The van der Waals surface area contributed by atoms with Crippen molar-refractivity contribution in [1.29, 1.82) is 0 Å². The third kappa shape index (κ3) is 5.56. The largest absolute Gasteiger partial charge is 0.444 e. The fourth-order valence-electron chi connectivity index (χ4n) is 2.69. The van der Waals surface area contributed by atoms with Crippen molar-refractivity contribution in [2.75, 3.05) is 26.2 Å². The minimum absolute atomic E-state index is 0.148. The van der Waals surface area contributed by atoms with Crippen LogP contribution >= 0.6 is 0 Å². The smallest absolute Gasteiger partial charge is 0.407 e. The number of alkyl carbamates (subject to hydrolysis) is 1. The lowest BCUT2D eigenvalue weighted by atomic mass is 10.0. The number of benzene rings is 1. The van der Waals surface area contributed by atoms with Crippen molar-refractivity contribution in [3.8, 4) is 0 Å². The number of carbonyl (C=O) groups excluding carboxylic acids is 3. The van der Waals surface area contributed by atoms with E-state index in [-0.39, 0.29) is 24.3 Å². The van der Waals surface area contributed by atoms with E-state index in [1.807, 2.05) is 0 Å². The lowest BCUT2D eigenvalue weighted by Crippen LogP contribution is -2.50. The molecule has 1 aliphatic rings. The zero-order chi connectivity index (χ0) is 19.3. The number of carbonyl (C=O) groups is 3. The van der Waals surface area contributed by atoms with E-state index in [2.05, 4.69) is 5.32 Å². The number of amides is 2. The molecule has 0 aromatic heterocycles. The average Bonchev–Trinajstić information content (AvgIpc) is 2.58. The first-order chi connectivity index (χ1) is 12.2. The van der Waals surface area contributed by atoms with Crippen LogP contribution in [0.2, 0.25) is 0 Å². The van der Waals surface area contributed by atoms with Crippen LogP contribution in [0.25, 0.3) is 0 Å². The third-order valence-electron chi connectivity index (χ3n) is 3.84. The molecule has 142 valence electrons. The highest BCUT2D eigenvalue weighted by Gasteiger charge is 2.27. The molecule has 0 saturated carbocycles. The summed E-state index contributed by atoms with van der Waals surface area (Å²) in [5.74, 6) is -0.355. The number of nitrogens with one attached hydrogen (secondary N) is 1. The lowest BCUT2D eigenvalue weighted by molar-refractivity contribution is -0.0218. The summed E-state index contributed by atoms with van der Waals surface area (Å²) in [6.45, 7) is 8.19. The first-order valence-corrected chi connectivity index (χ1v) is 8.65. The molecule has 0 aliphatic carbocycles. The van der Waals surface area contributed by atoms with Gasteiger partial charge in [0, 0.05) is 25.2 Å². The van der Waals surface area contributed by atoms with Crippen LogP contribution in [0.5, 0.6) is 0 Å². The molecule has 1 N–H and O–H groups in total. The summed E-state index contributed by atoms with van der Waals surface area (Å²) in [7, 11) is 0. The van der Waals surface area contributed by atoms with Crippen molar-refractivity contribution in [3.05, 3.63) is 35.4 Å². The second-order valence-corrected chi connectivity index (χ2v) is 7.23. The first-order valence-electron chi connectivity index (χ1n) is 8.65. The molecule has 1 saturated heterocycles. The van der Waals surface area contributed by atoms with Gasteiger partial charge >= 0.3 is 6.09 Å². The molecule has 1 aliphatic heterocycles. The van der Waals surface area contributed by atoms with E-state index in [1.165, 1.54) is 6.92 Å². The standard InChI is InChI=1S/C19H26N2O5/c1-13(22)15-7-5-6-8-16(15)17(23)21-9-10-25-14(12-21)11-20-18(24)26-19(2,3)4/h5-8,14H,9-12H2,1-4H3,(H,20,24)/t14-/m1/s1. The van der Waals surface area contributed by atoms with Crippen LogP contribution in [0, 0.1) is 0 Å². The van der Waals surface area contributed by atoms with Gasteiger partial charge < -0.3 is 19.7 Å². The first kappa shape index (κ1) is 19.9. The number of morpholine rings is 1. The number of nitrogens with zero attached hydrogens (tertiary/aromatic N) is 1. The van der Waals surface area contributed by atoms with Gasteiger partial charge in [0.1, 0.15) is 5.60 Å². The van der Waals surface area contributed by atoms with E-state index >= 15 is 0 Å². The SMILES string of the molecule is CC(=O)c1ccccc1C(=O)N1CCO[C@H](CNC(=O)OC(C)(C)C)C1. The van der Waals surface area contributed by atoms with Gasteiger partial charge in [0.05, 0.1) is 18.3 Å². The predicted molar refractivity (Wildman–Crippen MR) is 96.3 cm³/mol. The van der Waals surface area contributed by atoms with Gasteiger partial charge in [-0.25, -0.2) is 4.79 Å². The van der Waals surface area contributed by atoms with Gasteiger partial charge in [-0.15, -0.1) is 0 Å². The second kappa shape index (κ2) is 8.31. The van der Waals surface area contributed by atoms with Crippen LogP contribution in [-0.2, 0) is 9.47 Å². The van der Waals surface area contributed by atoms with Gasteiger partial charge in [-0.05, 0) is 33.8 Å². The molecule has 2 amide bonds. The number of ketones is 1. The van der Waals surface area contributed by atoms with E-state index in [0.29, 0.717) is 30.8 Å². The number of hydrogen-bond donors (Lipinski definition) is 1. The van der Waals surface area contributed by atoms with Crippen molar-refractivity contribution in [2.24, 2.45) is 0 Å². The molecule has 1 heterocycles. The lowest BCUT2D eigenvalue weighted by Gasteiger charge is -2.33. The molecule has 0 spiro atoms. The van der Waals surface area contributed by atoms with E-state index in [1.54, 1.807) is 49.9 Å². The maximum Gasteiger partial charge on any atom is 0.407 e. The highest BCUT2D eigenvalue weighted by molar-refractivity contribution is 6.07. The van der Waals surface area contributed by atoms with Gasteiger partial charge in [0.15, 0.2) is 5.78 Å². The van der Waals surface area contributed by atoms with Gasteiger partial charge in [-0.3, -0.25) is 9.59 Å². The van der Waals surface area contributed by atoms with Crippen molar-refractivity contribution in [1.82, 2.24) is 10.2 Å². The molecular formula is C19H26N2O5. The molecular weight excluding hydrogens is 336 g/mol. The van der Waals surface area contributed by atoms with Crippen LogP contribution in [0.1, 0.15) is 48.4 Å². The Bertz CT molecular complexity index is 681. The molecule has 7 heteroatoms. The van der Waals surface area contributed by atoms with Gasteiger partial charge in [0.25, 0.3) is 5.91 Å². The zero-order valence-corrected chi connectivity index (χ0v) is 15.7. The van der Waals surface area contributed by atoms with E-state index in [0.717, 1.165) is 0 Å². The van der Waals surface area contributed by atoms with Gasteiger partial charge in [0.2, 0.25) is 0 Å². The molecule has 1 atom stereocenters. The van der Waals surface area contributed by atoms with Gasteiger partial charge in [-0.2, -0.15) is 0 Å². The number of hydrogen-bond acceptors (Lipinski definition) is 5. The predicted octanol–water partition coefficient (Wildman–Crippen LogP) is 2.25. The molecule has 7 nitrogen and oxygen atoms in total. The highest BCUT2D eigenvalue weighted by Crippen LogP contribution is 2.15. The number of Topliss-reactive ketones (excluding diaryl/α,β-unsaturated/α-hetero) is 1. The van der Waals surface area contributed by atoms with Crippen LogP contribution in [-0.4, -0.2) is 60.6 Å². The molecule has 2 rings (SSSR count). The van der Waals surface area contributed by atoms with Crippen molar-refractivity contribution < 1.29 is 23.9 Å². The minimum Gasteiger partial charge on any atom is -0.444 e. The molecule has 0 radical (unpaired) electrons. The Hall–Kier alpha value is -2.41.